The quantitative estimate of drug-likeness (QED) is 0.241. The largest absolute Gasteiger partial charge is 0.480 e. The van der Waals surface area contributed by atoms with Gasteiger partial charge in [-0.25, -0.2) is 0 Å². The molecule has 13 heavy (non-hydrogen) atoms. The molecular formula is C7H17N3O3. The zero-order valence-electron chi connectivity index (χ0n) is 7.66. The van der Waals surface area contributed by atoms with Crippen LogP contribution in [0.1, 0.15) is 12.8 Å². The number of carbonyl (C=O) groups is 1. The van der Waals surface area contributed by atoms with Crippen molar-refractivity contribution in [1.82, 2.24) is 10.6 Å². The summed E-state index contributed by atoms with van der Waals surface area (Å²) in [5.74, 6) is -0.992. The van der Waals surface area contributed by atoms with Crippen LogP contribution < -0.4 is 16.4 Å². The van der Waals surface area contributed by atoms with Gasteiger partial charge in [0.05, 0.1) is 0 Å². The number of aliphatic carboxylic acids is 1. The normalized spacial score (nSPS) is 15.3. The van der Waals surface area contributed by atoms with E-state index < -0.39 is 18.4 Å². The third kappa shape index (κ3) is 6.47. The first-order valence-electron chi connectivity index (χ1n) is 4.15. The molecule has 0 aromatic rings. The molecule has 0 bridgehead atoms. The summed E-state index contributed by atoms with van der Waals surface area (Å²) < 4.78 is 0. The van der Waals surface area contributed by atoms with E-state index >= 15 is 0 Å². The molecule has 0 heterocycles. The van der Waals surface area contributed by atoms with Crippen LogP contribution in [0.25, 0.3) is 0 Å². The first kappa shape index (κ1) is 12.3. The van der Waals surface area contributed by atoms with Crippen LogP contribution in [0.3, 0.4) is 0 Å². The molecule has 0 aliphatic heterocycles. The van der Waals surface area contributed by atoms with Gasteiger partial charge in [0.15, 0.2) is 6.35 Å². The number of hydrogen-bond acceptors (Lipinski definition) is 5. The predicted molar refractivity (Wildman–Crippen MR) is 47.9 cm³/mol. The molecule has 2 unspecified atom stereocenters. The van der Waals surface area contributed by atoms with Crippen LogP contribution in [0.4, 0.5) is 0 Å². The fourth-order valence-corrected chi connectivity index (χ4v) is 0.786. The zero-order chi connectivity index (χ0) is 10.3. The minimum absolute atomic E-state index is 0.402. The van der Waals surface area contributed by atoms with Crippen molar-refractivity contribution in [3.8, 4) is 0 Å². The highest BCUT2D eigenvalue weighted by Crippen LogP contribution is 1.92. The maximum absolute atomic E-state index is 10.3. The lowest BCUT2D eigenvalue weighted by molar-refractivity contribution is -0.138. The monoisotopic (exact) mass is 191 g/mol. The highest BCUT2D eigenvalue weighted by molar-refractivity contribution is 5.72. The number of aliphatic hydroxyl groups is 1. The van der Waals surface area contributed by atoms with Gasteiger partial charge in [-0.15, -0.1) is 0 Å². The van der Waals surface area contributed by atoms with Crippen molar-refractivity contribution >= 4 is 5.97 Å². The van der Waals surface area contributed by atoms with Gasteiger partial charge in [-0.2, -0.15) is 0 Å². The van der Waals surface area contributed by atoms with Crippen LogP contribution in [0, 0.1) is 0 Å². The molecule has 0 aliphatic carbocycles. The van der Waals surface area contributed by atoms with Crippen molar-refractivity contribution in [3.05, 3.63) is 0 Å². The number of nitrogens with one attached hydrogen (secondary N) is 2. The van der Waals surface area contributed by atoms with Gasteiger partial charge in [0.2, 0.25) is 0 Å². The fraction of sp³-hybridized carbons (Fsp3) is 0.857. The number of rotatable bonds is 7. The molecule has 6 nitrogen and oxygen atoms in total. The van der Waals surface area contributed by atoms with Gasteiger partial charge in [-0.3, -0.25) is 15.4 Å². The van der Waals surface area contributed by atoms with E-state index in [-0.39, 0.29) is 0 Å². The third-order valence-electron chi connectivity index (χ3n) is 1.62. The number of nitrogens with two attached hydrogens (primary N) is 1. The highest BCUT2D eigenvalue weighted by Gasteiger charge is 2.10. The van der Waals surface area contributed by atoms with E-state index in [1.54, 1.807) is 7.05 Å². The molecular weight excluding hydrogens is 174 g/mol. The lowest BCUT2D eigenvalue weighted by Gasteiger charge is -2.11. The average molecular weight is 191 g/mol. The summed E-state index contributed by atoms with van der Waals surface area (Å²) in [6.07, 6.45) is 0.270. The Morgan fingerprint density at radius 3 is 2.69 bits per heavy atom. The molecule has 0 radical (unpaired) electrons. The Balaban J connectivity index is 3.30. The van der Waals surface area contributed by atoms with Crippen molar-refractivity contribution in [3.63, 3.8) is 0 Å². The standard InChI is InChI=1S/C7H17N3O3/c1-9-7(13)10-4-2-3-5(8)6(11)12/h5,7,9-10,13H,2-4,8H2,1H3,(H,11,12). The van der Waals surface area contributed by atoms with E-state index in [2.05, 4.69) is 10.6 Å². The Kier molecular flexibility index (Phi) is 6.43. The van der Waals surface area contributed by atoms with Crippen LogP contribution in [-0.4, -0.2) is 42.2 Å². The van der Waals surface area contributed by atoms with E-state index in [9.17, 15) is 4.79 Å². The lowest BCUT2D eigenvalue weighted by atomic mass is 10.2. The smallest absolute Gasteiger partial charge is 0.320 e. The molecule has 0 saturated heterocycles. The van der Waals surface area contributed by atoms with Gasteiger partial charge in [0, 0.05) is 0 Å². The molecule has 0 aliphatic rings. The SMILES string of the molecule is CNC(O)NCCCC(N)C(=O)O. The summed E-state index contributed by atoms with van der Waals surface area (Å²) in [5.41, 5.74) is 5.26. The molecule has 0 spiro atoms. The fourth-order valence-electron chi connectivity index (χ4n) is 0.786. The van der Waals surface area contributed by atoms with Gasteiger partial charge in [-0.05, 0) is 26.4 Å². The number of carboxylic acid groups (broad SMARTS) is 1. The summed E-state index contributed by atoms with van der Waals surface area (Å²) in [4.78, 5) is 10.3. The van der Waals surface area contributed by atoms with Gasteiger partial charge >= 0.3 is 5.97 Å². The highest BCUT2D eigenvalue weighted by atomic mass is 16.4. The topological polar surface area (TPSA) is 108 Å². The minimum Gasteiger partial charge on any atom is -0.480 e. The molecule has 6 N–H and O–H groups in total. The summed E-state index contributed by atoms with van der Waals surface area (Å²) in [7, 11) is 1.61. The molecule has 78 valence electrons. The second-order valence-corrected chi connectivity index (χ2v) is 2.73. The Morgan fingerprint density at radius 1 is 1.62 bits per heavy atom. The minimum atomic E-state index is -0.992. The molecule has 0 aromatic carbocycles. The van der Waals surface area contributed by atoms with Gasteiger partial charge in [-0.1, -0.05) is 0 Å². The second kappa shape index (κ2) is 6.79. The molecule has 6 heteroatoms. The molecule has 0 amide bonds. The van der Waals surface area contributed by atoms with E-state index in [1.807, 2.05) is 0 Å². The van der Waals surface area contributed by atoms with E-state index in [0.717, 1.165) is 0 Å². The summed E-state index contributed by atoms with van der Waals surface area (Å²) in [6, 6.07) is -0.812. The van der Waals surface area contributed by atoms with Crippen LogP contribution in [0.15, 0.2) is 0 Å². The summed E-state index contributed by atoms with van der Waals surface area (Å²) in [5, 5.41) is 22.7. The average Bonchev–Trinajstić information content (AvgIpc) is 2.11. The van der Waals surface area contributed by atoms with Crippen molar-refractivity contribution in [1.29, 1.82) is 0 Å². The predicted octanol–water partition coefficient (Wildman–Crippen LogP) is -1.74. The number of hydrogen-bond donors (Lipinski definition) is 5. The zero-order valence-corrected chi connectivity index (χ0v) is 7.66. The summed E-state index contributed by atoms with van der Waals surface area (Å²) in [6.45, 7) is 0.531. The van der Waals surface area contributed by atoms with Gasteiger partial charge < -0.3 is 15.9 Å². The molecule has 0 fully saturated rings. The third-order valence-corrected chi connectivity index (χ3v) is 1.62. The Morgan fingerprint density at radius 2 is 2.23 bits per heavy atom. The molecule has 2 atom stereocenters. The molecule has 0 saturated carbocycles. The first-order valence-corrected chi connectivity index (χ1v) is 4.15. The van der Waals surface area contributed by atoms with Crippen LogP contribution in [0.2, 0.25) is 0 Å². The van der Waals surface area contributed by atoms with Crippen molar-refractivity contribution in [2.75, 3.05) is 13.6 Å². The first-order chi connectivity index (χ1) is 6.07. The maximum Gasteiger partial charge on any atom is 0.320 e. The summed E-state index contributed by atoms with van der Waals surface area (Å²) >= 11 is 0. The van der Waals surface area contributed by atoms with E-state index in [4.69, 9.17) is 15.9 Å². The maximum atomic E-state index is 10.3. The van der Waals surface area contributed by atoms with Crippen LogP contribution in [0.5, 0.6) is 0 Å². The Labute approximate surface area is 77.1 Å². The number of aliphatic hydroxyl groups excluding tert-OH is 1. The second-order valence-electron chi connectivity index (χ2n) is 2.73. The van der Waals surface area contributed by atoms with Crippen molar-refractivity contribution in [2.45, 2.75) is 25.2 Å². The van der Waals surface area contributed by atoms with E-state index in [0.29, 0.717) is 19.4 Å². The Hall–Kier alpha value is -0.690. The van der Waals surface area contributed by atoms with Crippen LogP contribution in [-0.2, 0) is 4.79 Å². The molecule has 0 rings (SSSR count). The van der Waals surface area contributed by atoms with Crippen molar-refractivity contribution < 1.29 is 15.0 Å². The van der Waals surface area contributed by atoms with Crippen molar-refractivity contribution in [2.24, 2.45) is 5.73 Å². The Bertz CT molecular complexity index is 154. The number of carboxylic acids is 1. The van der Waals surface area contributed by atoms with Crippen LogP contribution >= 0.6 is 0 Å². The van der Waals surface area contributed by atoms with Gasteiger partial charge in [0.25, 0.3) is 0 Å². The lowest BCUT2D eigenvalue weighted by Crippen LogP contribution is -2.40. The van der Waals surface area contributed by atoms with Gasteiger partial charge in [0.1, 0.15) is 6.04 Å². The van der Waals surface area contributed by atoms with E-state index in [1.165, 1.54) is 0 Å². The molecule has 0 aromatic heterocycles.